The Morgan fingerprint density at radius 1 is 0.561 bits per heavy atom. The van der Waals surface area contributed by atoms with Crippen molar-refractivity contribution in [2.75, 3.05) is 26.2 Å². The first kappa shape index (κ1) is 46.6. The van der Waals surface area contributed by atoms with Crippen molar-refractivity contribution in [2.24, 2.45) is 0 Å². The van der Waals surface area contributed by atoms with E-state index in [9.17, 15) is 33.6 Å². The van der Waals surface area contributed by atoms with E-state index in [4.69, 9.17) is 23.7 Å². The second-order valence-electron chi connectivity index (χ2n) is 18.9. The zero-order valence-electron chi connectivity index (χ0n) is 35.9. The van der Waals surface area contributed by atoms with Crippen molar-refractivity contribution in [1.29, 1.82) is 0 Å². The molecule has 3 rings (SSSR count). The first-order chi connectivity index (χ1) is 25.9. The average Bonchev–Trinajstić information content (AvgIpc) is 3.73. The van der Waals surface area contributed by atoms with Gasteiger partial charge in [-0.1, -0.05) is 6.58 Å². The molecule has 3 saturated heterocycles. The van der Waals surface area contributed by atoms with Crippen LogP contribution in [-0.2, 0) is 38.1 Å². The summed E-state index contributed by atoms with van der Waals surface area (Å²) in [4.78, 5) is 97.1. The monoisotopic (exact) mass is 808 g/mol. The summed E-state index contributed by atoms with van der Waals surface area (Å²) in [6.07, 6.45) is -2.69. The Bertz CT molecular complexity index is 1560. The fourth-order valence-electron chi connectivity index (χ4n) is 6.59. The molecule has 0 aromatic rings. The van der Waals surface area contributed by atoms with Gasteiger partial charge in [-0.05, 0) is 109 Å². The van der Waals surface area contributed by atoms with Crippen molar-refractivity contribution in [1.82, 2.24) is 30.7 Å². The van der Waals surface area contributed by atoms with Crippen LogP contribution in [0.25, 0.3) is 0 Å². The van der Waals surface area contributed by atoms with E-state index in [2.05, 4.69) is 22.5 Å². The van der Waals surface area contributed by atoms with Gasteiger partial charge in [0.05, 0.1) is 18.1 Å². The van der Waals surface area contributed by atoms with Gasteiger partial charge >= 0.3 is 30.3 Å². The van der Waals surface area contributed by atoms with Crippen LogP contribution >= 0.6 is 0 Å². The molecule has 6 atom stereocenters. The summed E-state index contributed by atoms with van der Waals surface area (Å²) < 4.78 is 27.5. The van der Waals surface area contributed by atoms with Crippen molar-refractivity contribution >= 4 is 42.2 Å². The van der Waals surface area contributed by atoms with E-state index in [-0.39, 0.29) is 51.1 Å². The molecule has 3 N–H and O–H groups in total. The highest BCUT2D eigenvalue weighted by atomic mass is 16.6. The summed E-state index contributed by atoms with van der Waals surface area (Å²) in [5, 5.41) is 8.44. The quantitative estimate of drug-likeness (QED) is 0.181. The summed E-state index contributed by atoms with van der Waals surface area (Å²) in [5.41, 5.74) is -3.17. The van der Waals surface area contributed by atoms with Crippen LogP contribution in [0.5, 0.6) is 0 Å². The Balaban J connectivity index is 1.88. The molecule has 57 heavy (non-hydrogen) atoms. The molecule has 0 aromatic carbocycles. The summed E-state index contributed by atoms with van der Waals surface area (Å²) >= 11 is 0. The lowest BCUT2D eigenvalue weighted by atomic mass is 10.1. The number of ether oxygens (including phenoxy) is 5. The first-order valence-corrected chi connectivity index (χ1v) is 19.3. The first-order valence-electron chi connectivity index (χ1n) is 19.3. The molecule has 0 aromatic heterocycles. The third-order valence-corrected chi connectivity index (χ3v) is 8.69. The lowest BCUT2D eigenvalue weighted by Gasteiger charge is -2.32. The molecule has 0 aliphatic carbocycles. The Kier molecular flexibility index (Phi) is 14.6. The molecule has 18 heteroatoms. The molecule has 0 saturated carbocycles. The van der Waals surface area contributed by atoms with Crippen molar-refractivity contribution < 1.29 is 57.2 Å². The molecule has 0 spiro atoms. The van der Waals surface area contributed by atoms with E-state index < -0.39 is 101 Å². The van der Waals surface area contributed by atoms with Crippen LogP contribution in [0.4, 0.5) is 19.2 Å². The number of likely N-dealkylation sites (tertiary alicyclic amines) is 3. The number of alkyl carbamates (subject to hydrolysis) is 2. The zero-order valence-corrected chi connectivity index (χ0v) is 35.9. The lowest BCUT2D eigenvalue weighted by Crippen LogP contribution is -2.52. The molecular formula is C39H64N6O12. The van der Waals surface area contributed by atoms with Crippen LogP contribution in [0.2, 0.25) is 0 Å². The molecule has 322 valence electrons. The van der Waals surface area contributed by atoms with Gasteiger partial charge in [-0.25, -0.2) is 24.0 Å². The maximum Gasteiger partial charge on any atom is 0.411 e. The van der Waals surface area contributed by atoms with Gasteiger partial charge in [-0.3, -0.25) is 19.4 Å². The third kappa shape index (κ3) is 14.6. The van der Waals surface area contributed by atoms with Crippen molar-refractivity contribution in [3.63, 3.8) is 0 Å². The zero-order chi connectivity index (χ0) is 43.4. The Morgan fingerprint density at radius 2 is 0.947 bits per heavy atom. The molecule has 3 heterocycles. The molecular weight excluding hydrogens is 744 g/mol. The van der Waals surface area contributed by atoms with Gasteiger partial charge in [-0.2, -0.15) is 0 Å². The highest BCUT2D eigenvalue weighted by Crippen LogP contribution is 2.29. The maximum atomic E-state index is 14.5. The number of amides is 6. The van der Waals surface area contributed by atoms with E-state index in [1.54, 1.807) is 83.1 Å². The van der Waals surface area contributed by atoms with E-state index in [1.165, 1.54) is 21.6 Å². The molecule has 3 aliphatic rings. The number of carbonyl (C=O) groups is 7. The third-order valence-electron chi connectivity index (χ3n) is 8.69. The van der Waals surface area contributed by atoms with Crippen LogP contribution in [0.3, 0.4) is 0 Å². The maximum absolute atomic E-state index is 14.5. The van der Waals surface area contributed by atoms with E-state index in [0.29, 0.717) is 0 Å². The van der Waals surface area contributed by atoms with Crippen molar-refractivity contribution in [2.45, 2.75) is 168 Å². The van der Waals surface area contributed by atoms with Crippen LogP contribution in [-0.4, -0.2) is 142 Å². The standard InChI is InChI=1S/C39H64N6O12/c1-22(2)31(48)53-21-26-15-23(40-29(46)27-16-24(41-32(49)54-36(3,4)5)19-44(27)34(51)56-38(9,10)11)18-43(26)30(47)28-17-25(42-33(50)55-37(6,7)8)20-45(28)35(52)57-39(12,13)14/h23-28H,1,15-21H2,2-14H3,(H,40,46)(H,41,49)(H,42,50)/t23-,24-,25-,26-,27-,28-/m0/s1. The lowest BCUT2D eigenvalue weighted by molar-refractivity contribution is -0.145. The van der Waals surface area contributed by atoms with Crippen LogP contribution in [0.15, 0.2) is 12.2 Å². The smallest absolute Gasteiger partial charge is 0.411 e. The molecule has 0 unspecified atom stereocenters. The second kappa shape index (κ2) is 17.8. The van der Waals surface area contributed by atoms with E-state index in [0.717, 1.165) is 0 Å². The predicted octanol–water partition coefficient (Wildman–Crippen LogP) is 4.00. The van der Waals surface area contributed by atoms with Crippen molar-refractivity contribution in [3.05, 3.63) is 12.2 Å². The Labute approximate surface area is 336 Å². The normalized spacial score (nSPS) is 24.0. The van der Waals surface area contributed by atoms with Gasteiger partial charge in [-0.15, -0.1) is 0 Å². The van der Waals surface area contributed by atoms with Gasteiger partial charge in [0, 0.05) is 31.2 Å². The molecule has 0 radical (unpaired) electrons. The average molecular weight is 809 g/mol. The van der Waals surface area contributed by atoms with Crippen molar-refractivity contribution in [3.8, 4) is 0 Å². The Hall–Kier alpha value is -4.77. The predicted molar refractivity (Wildman–Crippen MR) is 207 cm³/mol. The molecule has 3 aliphatic heterocycles. The molecule has 18 nitrogen and oxygen atoms in total. The molecule has 0 bridgehead atoms. The van der Waals surface area contributed by atoms with Gasteiger partial charge in [0.25, 0.3) is 0 Å². The highest BCUT2D eigenvalue weighted by Gasteiger charge is 2.49. The summed E-state index contributed by atoms with van der Waals surface area (Å²) in [5.74, 6) is -1.74. The number of nitrogens with zero attached hydrogens (tertiary/aromatic N) is 3. The van der Waals surface area contributed by atoms with Gasteiger partial charge in [0.1, 0.15) is 41.1 Å². The van der Waals surface area contributed by atoms with Gasteiger partial charge in [0.2, 0.25) is 11.8 Å². The summed E-state index contributed by atoms with van der Waals surface area (Å²) in [6.45, 7) is 25.2. The van der Waals surface area contributed by atoms with E-state index >= 15 is 0 Å². The Morgan fingerprint density at radius 3 is 1.37 bits per heavy atom. The SMILES string of the molecule is C=C(C)C(=O)OC[C@@H]1C[C@H](NC(=O)[C@@H]2C[C@H](NC(=O)OC(C)(C)C)CN2C(=O)OC(C)(C)C)CN1C(=O)[C@@H]1C[C@H](NC(=O)OC(C)(C)C)CN1C(=O)OC(C)(C)C. The van der Waals surface area contributed by atoms with Gasteiger partial charge in [0.15, 0.2) is 0 Å². The topological polar surface area (TPSA) is 211 Å². The molecule has 3 fully saturated rings. The number of nitrogens with one attached hydrogen (secondary N) is 3. The number of rotatable bonds is 8. The van der Waals surface area contributed by atoms with E-state index in [1.807, 2.05) is 0 Å². The minimum Gasteiger partial charge on any atom is -0.460 e. The minimum atomic E-state index is -1.09. The highest BCUT2D eigenvalue weighted by molar-refractivity contribution is 5.89. The number of hydrogen-bond donors (Lipinski definition) is 3. The fraction of sp³-hybridized carbons (Fsp3) is 0.769. The number of hydrogen-bond acceptors (Lipinski definition) is 12. The fourth-order valence-corrected chi connectivity index (χ4v) is 6.59. The second-order valence-corrected chi connectivity index (χ2v) is 18.9. The summed E-state index contributed by atoms with van der Waals surface area (Å²) in [6, 6.07) is -4.87. The van der Waals surface area contributed by atoms with Gasteiger partial charge < -0.3 is 44.5 Å². The minimum absolute atomic E-state index is 0.0261. The number of esters is 1. The largest absolute Gasteiger partial charge is 0.460 e. The van der Waals surface area contributed by atoms with Crippen LogP contribution in [0.1, 0.15) is 109 Å². The number of carbonyl (C=O) groups excluding carboxylic acids is 7. The molecule has 6 amide bonds. The van der Waals surface area contributed by atoms with Crippen LogP contribution in [0, 0.1) is 0 Å². The summed E-state index contributed by atoms with van der Waals surface area (Å²) in [7, 11) is 0. The van der Waals surface area contributed by atoms with Crippen LogP contribution < -0.4 is 16.0 Å².